The molecular weight excluding hydrogens is 308 g/mol. The van der Waals surface area contributed by atoms with Crippen molar-refractivity contribution < 1.29 is 19.1 Å². The monoisotopic (exact) mass is 328 g/mol. The zero-order valence-electron chi connectivity index (χ0n) is 13.5. The fourth-order valence-electron chi connectivity index (χ4n) is 1.88. The minimum Gasteiger partial charge on any atom is -0.484 e. The van der Waals surface area contributed by atoms with Gasteiger partial charge in [-0.1, -0.05) is 37.3 Å². The van der Waals surface area contributed by atoms with Crippen LogP contribution in [0.5, 0.6) is 11.5 Å². The Kier molecular flexibility index (Phi) is 6.64. The second kappa shape index (κ2) is 9.19. The maximum Gasteiger partial charge on any atom is 0.276 e. The molecule has 0 bridgehead atoms. The predicted molar refractivity (Wildman–Crippen MR) is 89.5 cm³/mol. The van der Waals surface area contributed by atoms with Gasteiger partial charge in [-0.3, -0.25) is 20.4 Å². The van der Waals surface area contributed by atoms with E-state index in [4.69, 9.17) is 9.47 Å². The largest absolute Gasteiger partial charge is 0.484 e. The Morgan fingerprint density at radius 3 is 2.04 bits per heavy atom. The van der Waals surface area contributed by atoms with Crippen LogP contribution in [0.25, 0.3) is 0 Å². The van der Waals surface area contributed by atoms with Gasteiger partial charge in [0.1, 0.15) is 11.5 Å². The van der Waals surface area contributed by atoms with Gasteiger partial charge >= 0.3 is 0 Å². The minimum atomic E-state index is -0.458. The molecule has 0 saturated carbocycles. The highest BCUT2D eigenvalue weighted by Gasteiger charge is 2.06. The lowest BCUT2D eigenvalue weighted by Gasteiger charge is -2.10. The molecule has 0 spiro atoms. The van der Waals surface area contributed by atoms with Gasteiger partial charge in [0, 0.05) is 0 Å². The number of aryl methyl sites for hydroxylation is 1. The Balaban J connectivity index is 1.66. The molecular formula is C18H20N2O4. The highest BCUT2D eigenvalue weighted by molar-refractivity contribution is 5.83. The lowest BCUT2D eigenvalue weighted by Crippen LogP contribution is -2.45. The molecule has 2 aromatic carbocycles. The molecule has 6 heteroatoms. The van der Waals surface area contributed by atoms with Gasteiger partial charge in [0.15, 0.2) is 13.2 Å². The molecule has 0 atom stereocenters. The maximum atomic E-state index is 11.7. The van der Waals surface area contributed by atoms with Crippen molar-refractivity contribution in [1.82, 2.24) is 10.9 Å². The van der Waals surface area contributed by atoms with Crippen LogP contribution in [0, 0.1) is 0 Å². The van der Waals surface area contributed by atoms with Crippen molar-refractivity contribution in [1.29, 1.82) is 0 Å². The minimum absolute atomic E-state index is 0.188. The number of carbonyl (C=O) groups is 2. The Morgan fingerprint density at radius 1 is 0.833 bits per heavy atom. The second-order valence-electron chi connectivity index (χ2n) is 4.99. The molecule has 0 aliphatic rings. The van der Waals surface area contributed by atoms with Gasteiger partial charge in [-0.2, -0.15) is 0 Å². The maximum absolute atomic E-state index is 11.7. The number of hydrogen-bond acceptors (Lipinski definition) is 4. The SMILES string of the molecule is CCc1cccc(OCC(=O)NNC(=O)COc2ccccc2)c1. The zero-order chi connectivity index (χ0) is 17.2. The van der Waals surface area contributed by atoms with E-state index in [9.17, 15) is 9.59 Å². The van der Waals surface area contributed by atoms with Gasteiger partial charge in [0.2, 0.25) is 0 Å². The molecule has 2 N–H and O–H groups in total. The van der Waals surface area contributed by atoms with Crippen LogP contribution in [-0.2, 0) is 16.0 Å². The predicted octanol–water partition coefficient (Wildman–Crippen LogP) is 1.85. The topological polar surface area (TPSA) is 76.7 Å². The number of ether oxygens (including phenoxy) is 2. The molecule has 0 aromatic heterocycles. The summed E-state index contributed by atoms with van der Waals surface area (Å²) >= 11 is 0. The fraction of sp³-hybridized carbons (Fsp3) is 0.222. The summed E-state index contributed by atoms with van der Waals surface area (Å²) in [6, 6.07) is 16.4. The molecule has 2 rings (SSSR count). The normalized spacial score (nSPS) is 9.88. The van der Waals surface area contributed by atoms with E-state index in [1.54, 1.807) is 30.3 Å². The molecule has 2 aromatic rings. The average Bonchev–Trinajstić information content (AvgIpc) is 2.64. The van der Waals surface area contributed by atoms with Gasteiger partial charge in [-0.15, -0.1) is 0 Å². The van der Waals surface area contributed by atoms with Crippen molar-refractivity contribution in [3.8, 4) is 11.5 Å². The van der Waals surface area contributed by atoms with Crippen molar-refractivity contribution in [2.45, 2.75) is 13.3 Å². The van der Waals surface area contributed by atoms with E-state index in [0.29, 0.717) is 11.5 Å². The first-order chi connectivity index (χ1) is 11.7. The van der Waals surface area contributed by atoms with Crippen LogP contribution in [0.3, 0.4) is 0 Å². The van der Waals surface area contributed by atoms with Gasteiger partial charge in [-0.25, -0.2) is 0 Å². The zero-order valence-corrected chi connectivity index (χ0v) is 13.5. The summed E-state index contributed by atoms with van der Waals surface area (Å²) in [6.45, 7) is 1.66. The molecule has 0 aliphatic carbocycles. The van der Waals surface area contributed by atoms with Crippen LogP contribution in [0.1, 0.15) is 12.5 Å². The van der Waals surface area contributed by atoms with E-state index >= 15 is 0 Å². The molecule has 24 heavy (non-hydrogen) atoms. The van der Waals surface area contributed by atoms with Gasteiger partial charge in [0.05, 0.1) is 0 Å². The molecule has 0 heterocycles. The van der Waals surface area contributed by atoms with E-state index in [1.165, 1.54) is 0 Å². The number of benzene rings is 2. The van der Waals surface area contributed by atoms with Crippen LogP contribution in [-0.4, -0.2) is 25.0 Å². The molecule has 0 saturated heterocycles. The average molecular weight is 328 g/mol. The Morgan fingerprint density at radius 2 is 1.42 bits per heavy atom. The van der Waals surface area contributed by atoms with Crippen molar-refractivity contribution in [2.24, 2.45) is 0 Å². The highest BCUT2D eigenvalue weighted by Crippen LogP contribution is 2.13. The fourth-order valence-corrected chi connectivity index (χ4v) is 1.88. The van der Waals surface area contributed by atoms with Crippen LogP contribution in [0.2, 0.25) is 0 Å². The number of rotatable bonds is 7. The quantitative estimate of drug-likeness (QED) is 0.761. The molecule has 6 nitrogen and oxygen atoms in total. The van der Waals surface area contributed by atoms with E-state index < -0.39 is 11.8 Å². The standard InChI is InChI=1S/C18H20N2O4/c1-2-14-7-6-10-16(11-14)24-13-18(22)20-19-17(21)12-23-15-8-4-3-5-9-15/h3-11H,2,12-13H2,1H3,(H,19,21)(H,20,22). The summed E-state index contributed by atoms with van der Waals surface area (Å²) in [7, 11) is 0. The lowest BCUT2D eigenvalue weighted by atomic mass is 10.2. The molecule has 2 amide bonds. The molecule has 0 fully saturated rings. The van der Waals surface area contributed by atoms with Crippen LogP contribution in [0.4, 0.5) is 0 Å². The van der Waals surface area contributed by atoms with Gasteiger partial charge in [0.25, 0.3) is 11.8 Å². The molecule has 126 valence electrons. The summed E-state index contributed by atoms with van der Waals surface area (Å²) < 4.78 is 10.6. The number of para-hydroxylation sites is 1. The van der Waals surface area contributed by atoms with E-state index in [2.05, 4.69) is 10.9 Å². The van der Waals surface area contributed by atoms with Crippen molar-refractivity contribution in [3.05, 3.63) is 60.2 Å². The summed E-state index contributed by atoms with van der Waals surface area (Å²) in [5.41, 5.74) is 5.67. The first-order valence-electron chi connectivity index (χ1n) is 7.64. The third-order valence-corrected chi connectivity index (χ3v) is 3.13. The van der Waals surface area contributed by atoms with Crippen molar-refractivity contribution in [3.63, 3.8) is 0 Å². The first kappa shape index (κ1) is 17.3. The van der Waals surface area contributed by atoms with Gasteiger partial charge < -0.3 is 9.47 Å². The smallest absolute Gasteiger partial charge is 0.276 e. The highest BCUT2D eigenvalue weighted by atomic mass is 16.5. The lowest BCUT2D eigenvalue weighted by molar-refractivity contribution is -0.131. The molecule has 0 unspecified atom stereocenters. The number of hydrazine groups is 1. The Labute approximate surface area is 140 Å². The Hall–Kier alpha value is -3.02. The summed E-state index contributed by atoms with van der Waals surface area (Å²) in [5.74, 6) is 0.284. The summed E-state index contributed by atoms with van der Waals surface area (Å²) in [6.07, 6.45) is 0.890. The number of amides is 2. The number of carbonyl (C=O) groups excluding carboxylic acids is 2. The Bertz CT molecular complexity index is 674. The molecule has 0 aliphatic heterocycles. The van der Waals surface area contributed by atoms with E-state index in [-0.39, 0.29) is 13.2 Å². The summed E-state index contributed by atoms with van der Waals surface area (Å²) in [5, 5.41) is 0. The van der Waals surface area contributed by atoms with Crippen LogP contribution < -0.4 is 20.3 Å². The van der Waals surface area contributed by atoms with E-state index in [0.717, 1.165) is 12.0 Å². The third kappa shape index (κ3) is 6.00. The van der Waals surface area contributed by atoms with Crippen LogP contribution >= 0.6 is 0 Å². The number of hydrogen-bond donors (Lipinski definition) is 2. The third-order valence-electron chi connectivity index (χ3n) is 3.13. The summed E-state index contributed by atoms with van der Waals surface area (Å²) in [4.78, 5) is 23.2. The second-order valence-corrected chi connectivity index (χ2v) is 4.99. The van der Waals surface area contributed by atoms with Gasteiger partial charge in [-0.05, 0) is 36.2 Å². The number of nitrogens with one attached hydrogen (secondary N) is 2. The van der Waals surface area contributed by atoms with Crippen molar-refractivity contribution in [2.75, 3.05) is 13.2 Å². The van der Waals surface area contributed by atoms with E-state index in [1.807, 2.05) is 31.2 Å². The molecule has 0 radical (unpaired) electrons. The first-order valence-corrected chi connectivity index (χ1v) is 7.64. The van der Waals surface area contributed by atoms with Crippen molar-refractivity contribution >= 4 is 11.8 Å². The van der Waals surface area contributed by atoms with Crippen LogP contribution in [0.15, 0.2) is 54.6 Å².